The van der Waals surface area contributed by atoms with Crippen molar-refractivity contribution in [2.24, 2.45) is 5.92 Å². The van der Waals surface area contributed by atoms with E-state index < -0.39 is 0 Å². The van der Waals surface area contributed by atoms with Gasteiger partial charge in [0.15, 0.2) is 0 Å². The number of hydrogen-bond acceptors (Lipinski definition) is 0. The molecule has 0 nitrogen and oxygen atoms in total. The summed E-state index contributed by atoms with van der Waals surface area (Å²) in [5.41, 5.74) is 1.01. The molecule has 0 aliphatic carbocycles. The van der Waals surface area contributed by atoms with E-state index in [0.29, 0.717) is 0 Å². The van der Waals surface area contributed by atoms with Gasteiger partial charge in [0.05, 0.1) is 0 Å². The molecule has 0 radical (unpaired) electrons. The van der Waals surface area contributed by atoms with Crippen molar-refractivity contribution in [2.45, 2.75) is 45.7 Å². The summed E-state index contributed by atoms with van der Waals surface area (Å²) in [5, 5.41) is 0. The molecule has 0 aromatic heterocycles. The number of hydrogen-bond donors (Lipinski definition) is 0. The molecule has 62 valence electrons. The predicted molar refractivity (Wildman–Crippen MR) is 52.4 cm³/mol. The average Bonchev–Trinajstić information content (AvgIpc) is 1.99. The molecule has 0 aliphatic heterocycles. The van der Waals surface area contributed by atoms with Crippen LogP contribution < -0.4 is 0 Å². The van der Waals surface area contributed by atoms with Crippen molar-refractivity contribution in [1.29, 1.82) is 0 Å². The van der Waals surface area contributed by atoms with Crippen LogP contribution in [0.3, 0.4) is 0 Å². The normalized spacial score (nSPS) is 18.0. The van der Waals surface area contributed by atoms with Crippen LogP contribution in [-0.2, 0) is 0 Å². The summed E-state index contributed by atoms with van der Waals surface area (Å²) in [6.45, 7) is 9.29. The van der Waals surface area contributed by atoms with E-state index in [2.05, 4.69) is 27.4 Å². The van der Waals surface area contributed by atoms with Gasteiger partial charge in [-0.1, -0.05) is 27.2 Å². The maximum absolute atomic E-state index is 2.36. The fourth-order valence-electron chi connectivity index (χ4n) is 1.14. The van der Waals surface area contributed by atoms with Crippen LogP contribution in [0, 0.1) is 5.92 Å². The Labute approximate surface area is 67.6 Å². The minimum absolute atomic E-state index is 0.942. The zero-order valence-corrected chi connectivity index (χ0v) is 8.78. The molecular weight excluding hydrogens is 139 g/mol. The van der Waals surface area contributed by atoms with E-state index in [1.165, 1.54) is 19.3 Å². The molecule has 0 saturated carbocycles. The Morgan fingerprint density at radius 1 is 1.20 bits per heavy atom. The molecule has 10 heavy (non-hydrogen) atoms. The smallest absolute Gasteiger partial charge is 0.0239 e. The second-order valence-corrected chi connectivity index (χ2v) is 4.54. The third kappa shape index (κ3) is 4.28. The minimum Gasteiger partial charge on any atom is -0.122 e. The Morgan fingerprint density at radius 3 is 2.10 bits per heavy atom. The summed E-state index contributed by atoms with van der Waals surface area (Å²) in [5.74, 6) is 0.942. The van der Waals surface area contributed by atoms with Crippen LogP contribution in [0.1, 0.15) is 40.0 Å². The first-order valence-electron chi connectivity index (χ1n) is 4.41. The lowest BCUT2D eigenvalue weighted by atomic mass is 10.0. The third-order valence-corrected chi connectivity index (χ3v) is 3.75. The van der Waals surface area contributed by atoms with Gasteiger partial charge in [-0.3, -0.25) is 0 Å². The predicted octanol–water partition coefficient (Wildman–Crippen LogP) is 3.51. The summed E-state index contributed by atoms with van der Waals surface area (Å²) in [6.07, 6.45) is 4.17. The van der Waals surface area contributed by atoms with Gasteiger partial charge in [-0.25, -0.2) is 0 Å². The molecule has 0 saturated heterocycles. The zero-order valence-electron chi connectivity index (χ0n) is 7.78. The second-order valence-electron chi connectivity index (χ2n) is 3.14. The largest absolute Gasteiger partial charge is 0.122 e. The van der Waals surface area contributed by atoms with Crippen molar-refractivity contribution in [3.05, 3.63) is 0 Å². The molecule has 0 bridgehead atoms. The van der Waals surface area contributed by atoms with Gasteiger partial charge in [0.1, 0.15) is 0 Å². The first-order valence-corrected chi connectivity index (χ1v) is 5.99. The standard InChI is InChI=1S/C9H21P/c1-5-8(3)7-9(6-2)10-4/h8-10H,5-7H2,1-4H3. The summed E-state index contributed by atoms with van der Waals surface area (Å²) in [6, 6.07) is 0. The molecule has 0 aliphatic rings. The fraction of sp³-hybridized carbons (Fsp3) is 1.00. The molecular formula is C9H21P. The first-order chi connectivity index (χ1) is 4.74. The highest BCUT2D eigenvalue weighted by Gasteiger charge is 2.06. The van der Waals surface area contributed by atoms with Gasteiger partial charge >= 0.3 is 0 Å². The first kappa shape index (κ1) is 10.4. The maximum atomic E-state index is 2.36. The Bertz CT molecular complexity index is 67.1. The molecule has 0 aromatic rings. The van der Waals surface area contributed by atoms with E-state index in [1.54, 1.807) is 0 Å². The van der Waals surface area contributed by atoms with Crippen molar-refractivity contribution >= 4 is 8.58 Å². The lowest BCUT2D eigenvalue weighted by Gasteiger charge is -2.16. The summed E-state index contributed by atoms with van der Waals surface area (Å²) < 4.78 is 0. The van der Waals surface area contributed by atoms with Gasteiger partial charge < -0.3 is 0 Å². The zero-order chi connectivity index (χ0) is 7.98. The van der Waals surface area contributed by atoms with E-state index in [1.807, 2.05) is 0 Å². The highest BCUT2D eigenvalue weighted by molar-refractivity contribution is 7.37. The van der Waals surface area contributed by atoms with Crippen molar-refractivity contribution in [1.82, 2.24) is 0 Å². The Balaban J connectivity index is 3.41. The topological polar surface area (TPSA) is 0 Å². The SMILES string of the molecule is CCC(C)CC(CC)PC. The van der Waals surface area contributed by atoms with Crippen LogP contribution in [0.4, 0.5) is 0 Å². The van der Waals surface area contributed by atoms with Gasteiger partial charge in [0.2, 0.25) is 0 Å². The molecule has 0 spiro atoms. The van der Waals surface area contributed by atoms with E-state index in [9.17, 15) is 0 Å². The molecule has 0 N–H and O–H groups in total. The van der Waals surface area contributed by atoms with Crippen molar-refractivity contribution in [3.8, 4) is 0 Å². The van der Waals surface area contributed by atoms with E-state index in [0.717, 1.165) is 20.2 Å². The van der Waals surface area contributed by atoms with Gasteiger partial charge in [-0.2, -0.15) is 0 Å². The van der Waals surface area contributed by atoms with E-state index >= 15 is 0 Å². The van der Waals surface area contributed by atoms with Gasteiger partial charge in [0, 0.05) is 0 Å². The van der Waals surface area contributed by atoms with Gasteiger partial charge in [0.25, 0.3) is 0 Å². The monoisotopic (exact) mass is 160 g/mol. The molecule has 0 heterocycles. The van der Waals surface area contributed by atoms with E-state index in [4.69, 9.17) is 0 Å². The van der Waals surface area contributed by atoms with Gasteiger partial charge in [-0.05, 0) is 31.1 Å². The van der Waals surface area contributed by atoms with Crippen LogP contribution in [-0.4, -0.2) is 12.3 Å². The summed E-state index contributed by atoms with van der Waals surface area (Å²) in [7, 11) is 1.14. The molecule has 3 unspecified atom stereocenters. The quantitative estimate of drug-likeness (QED) is 0.540. The molecule has 1 heteroatoms. The molecule has 0 fully saturated rings. The molecule has 0 aromatic carbocycles. The van der Waals surface area contributed by atoms with Crippen LogP contribution in [0.15, 0.2) is 0 Å². The Morgan fingerprint density at radius 2 is 1.80 bits per heavy atom. The highest BCUT2D eigenvalue weighted by Crippen LogP contribution is 2.25. The summed E-state index contributed by atoms with van der Waals surface area (Å²) in [4.78, 5) is 0. The van der Waals surface area contributed by atoms with Crippen LogP contribution in [0.5, 0.6) is 0 Å². The van der Waals surface area contributed by atoms with E-state index in [-0.39, 0.29) is 0 Å². The van der Waals surface area contributed by atoms with Crippen LogP contribution in [0.25, 0.3) is 0 Å². The Kier molecular flexibility index (Phi) is 6.43. The molecule has 0 rings (SSSR count). The second kappa shape index (κ2) is 6.16. The molecule has 0 amide bonds. The average molecular weight is 160 g/mol. The van der Waals surface area contributed by atoms with Crippen molar-refractivity contribution < 1.29 is 0 Å². The lowest BCUT2D eigenvalue weighted by Crippen LogP contribution is -2.04. The minimum atomic E-state index is 0.942. The highest BCUT2D eigenvalue weighted by atomic mass is 31.1. The Hall–Kier alpha value is 0.430. The lowest BCUT2D eigenvalue weighted by molar-refractivity contribution is 0.498. The maximum Gasteiger partial charge on any atom is -0.0239 e. The fourth-order valence-corrected chi connectivity index (χ4v) is 2.19. The van der Waals surface area contributed by atoms with Gasteiger partial charge in [-0.15, -0.1) is 8.58 Å². The van der Waals surface area contributed by atoms with Crippen LogP contribution in [0.2, 0.25) is 0 Å². The number of rotatable bonds is 5. The van der Waals surface area contributed by atoms with Crippen molar-refractivity contribution in [2.75, 3.05) is 6.66 Å². The summed E-state index contributed by atoms with van der Waals surface area (Å²) >= 11 is 0. The van der Waals surface area contributed by atoms with Crippen LogP contribution >= 0.6 is 8.58 Å². The molecule has 3 atom stereocenters. The van der Waals surface area contributed by atoms with Crippen molar-refractivity contribution in [3.63, 3.8) is 0 Å². The third-order valence-electron chi connectivity index (χ3n) is 2.28.